The molecule has 1 fully saturated rings. The summed E-state index contributed by atoms with van der Waals surface area (Å²) >= 11 is 15.6. The van der Waals surface area contributed by atoms with Crippen LogP contribution >= 0.6 is 39.1 Å². The van der Waals surface area contributed by atoms with Crippen molar-refractivity contribution in [2.24, 2.45) is 0 Å². The molecule has 1 unspecified atom stereocenters. The Kier molecular flexibility index (Phi) is 5.55. The highest BCUT2D eigenvalue weighted by molar-refractivity contribution is 9.09. The second-order valence-electron chi connectivity index (χ2n) is 4.73. The van der Waals surface area contributed by atoms with Crippen LogP contribution in [0.15, 0.2) is 18.2 Å². The van der Waals surface area contributed by atoms with Crippen LogP contribution in [-0.4, -0.2) is 28.7 Å². The molecular weight excluding hydrogens is 349 g/mol. The van der Waals surface area contributed by atoms with Crippen LogP contribution in [0.3, 0.4) is 0 Å². The number of likely N-dealkylation sites (tertiary alicyclic amines) is 1. The van der Waals surface area contributed by atoms with Crippen LogP contribution in [0.4, 0.5) is 0 Å². The second-order valence-corrected chi connectivity index (χ2v) is 6.31. The Balaban J connectivity index is 2.23. The maximum atomic E-state index is 12.6. The Hall–Kier alpha value is -0.250. The third-order valence-corrected chi connectivity index (χ3v) is 4.79. The maximum absolute atomic E-state index is 12.6. The summed E-state index contributed by atoms with van der Waals surface area (Å²) in [5.74, 6) is -0.00171. The summed E-state index contributed by atoms with van der Waals surface area (Å²) < 4.78 is 0. The highest BCUT2D eigenvalue weighted by Gasteiger charge is 2.28. The minimum absolute atomic E-state index is 0.00171. The van der Waals surface area contributed by atoms with Crippen LogP contribution < -0.4 is 0 Å². The topological polar surface area (TPSA) is 20.3 Å². The van der Waals surface area contributed by atoms with Crippen molar-refractivity contribution in [3.05, 3.63) is 33.8 Å². The Morgan fingerprint density at radius 2 is 2.16 bits per heavy atom. The average Bonchev–Trinajstić information content (AvgIpc) is 2.42. The molecule has 1 aliphatic heterocycles. The molecule has 0 radical (unpaired) electrons. The van der Waals surface area contributed by atoms with E-state index in [0.29, 0.717) is 21.7 Å². The first-order chi connectivity index (χ1) is 9.15. The monoisotopic (exact) mass is 363 g/mol. The number of carbonyl (C=O) groups excluding carboxylic acids is 1. The third-order valence-electron chi connectivity index (χ3n) is 3.51. The first-order valence-corrected chi connectivity index (χ1v) is 8.34. The van der Waals surface area contributed by atoms with E-state index in [2.05, 4.69) is 15.9 Å². The normalized spacial score (nSPS) is 19.5. The number of piperidine rings is 1. The summed E-state index contributed by atoms with van der Waals surface area (Å²) in [4.78, 5) is 14.6. The molecule has 1 amide bonds. The lowest BCUT2D eigenvalue weighted by Gasteiger charge is -2.36. The number of halogens is 3. The van der Waals surface area contributed by atoms with Gasteiger partial charge in [0.15, 0.2) is 0 Å². The van der Waals surface area contributed by atoms with Crippen molar-refractivity contribution in [3.63, 3.8) is 0 Å². The highest BCUT2D eigenvalue weighted by Crippen LogP contribution is 2.29. The van der Waals surface area contributed by atoms with Crippen molar-refractivity contribution in [1.29, 1.82) is 0 Å². The predicted octanol–water partition coefficient (Wildman–Crippen LogP) is 4.77. The van der Waals surface area contributed by atoms with Gasteiger partial charge in [-0.25, -0.2) is 0 Å². The Morgan fingerprint density at radius 3 is 2.89 bits per heavy atom. The van der Waals surface area contributed by atoms with Gasteiger partial charge in [-0.1, -0.05) is 45.2 Å². The number of hydrogen-bond acceptors (Lipinski definition) is 1. The van der Waals surface area contributed by atoms with Crippen molar-refractivity contribution < 1.29 is 4.79 Å². The number of hydrogen-bond donors (Lipinski definition) is 0. The molecule has 0 N–H and O–H groups in total. The summed E-state index contributed by atoms with van der Waals surface area (Å²) in [6.07, 6.45) is 4.28. The van der Waals surface area contributed by atoms with Gasteiger partial charge in [-0.15, -0.1) is 0 Å². The van der Waals surface area contributed by atoms with Crippen molar-refractivity contribution in [2.75, 3.05) is 11.9 Å². The molecule has 0 spiro atoms. The molecule has 0 saturated carbocycles. The van der Waals surface area contributed by atoms with Gasteiger partial charge in [0.1, 0.15) is 0 Å². The minimum Gasteiger partial charge on any atom is -0.336 e. The van der Waals surface area contributed by atoms with E-state index >= 15 is 0 Å². The SMILES string of the molecule is O=C(c1cccc(Cl)c1Cl)N1CCCCC1CCBr. The van der Waals surface area contributed by atoms with Crippen LogP contribution in [0.1, 0.15) is 36.0 Å². The summed E-state index contributed by atoms with van der Waals surface area (Å²) in [5, 5.41) is 1.70. The fourth-order valence-corrected chi connectivity index (χ4v) is 3.43. The maximum Gasteiger partial charge on any atom is 0.255 e. The molecule has 1 heterocycles. The lowest BCUT2D eigenvalue weighted by molar-refractivity contribution is 0.0610. The van der Waals surface area contributed by atoms with E-state index in [1.54, 1.807) is 18.2 Å². The summed E-state index contributed by atoms with van der Waals surface area (Å²) in [6, 6.07) is 5.52. The van der Waals surface area contributed by atoms with E-state index in [1.165, 1.54) is 6.42 Å². The molecule has 1 saturated heterocycles. The standard InChI is InChI=1S/C14H16BrCl2NO/c15-8-7-10-4-1-2-9-18(10)14(19)11-5-3-6-12(16)13(11)17/h3,5-6,10H,1-2,4,7-9H2. The second kappa shape index (κ2) is 6.96. The molecular formula is C14H16BrCl2NO. The largest absolute Gasteiger partial charge is 0.336 e. The molecule has 1 aliphatic rings. The zero-order valence-corrected chi connectivity index (χ0v) is 13.6. The van der Waals surface area contributed by atoms with Gasteiger partial charge >= 0.3 is 0 Å². The fraction of sp³-hybridized carbons (Fsp3) is 0.500. The molecule has 0 bridgehead atoms. The van der Waals surface area contributed by atoms with Crippen LogP contribution in [0, 0.1) is 0 Å². The highest BCUT2D eigenvalue weighted by atomic mass is 79.9. The number of amides is 1. The number of benzene rings is 1. The Labute approximate surface area is 132 Å². The predicted molar refractivity (Wildman–Crippen MR) is 83.5 cm³/mol. The Bertz CT molecular complexity index is 465. The van der Waals surface area contributed by atoms with Gasteiger partial charge < -0.3 is 4.90 Å². The first-order valence-electron chi connectivity index (χ1n) is 6.46. The van der Waals surface area contributed by atoms with E-state index in [1.807, 2.05) is 4.90 Å². The van der Waals surface area contributed by atoms with Gasteiger partial charge in [0, 0.05) is 17.9 Å². The Morgan fingerprint density at radius 1 is 1.37 bits per heavy atom. The lowest BCUT2D eigenvalue weighted by Crippen LogP contribution is -2.44. The van der Waals surface area contributed by atoms with E-state index in [0.717, 1.165) is 31.1 Å². The number of alkyl halides is 1. The summed E-state index contributed by atoms with van der Waals surface area (Å²) in [6.45, 7) is 0.805. The molecule has 19 heavy (non-hydrogen) atoms. The fourth-order valence-electron chi connectivity index (χ4n) is 2.52. The lowest BCUT2D eigenvalue weighted by atomic mass is 9.99. The number of rotatable bonds is 3. The third kappa shape index (κ3) is 3.45. The van der Waals surface area contributed by atoms with Gasteiger partial charge in [-0.2, -0.15) is 0 Å². The van der Waals surface area contributed by atoms with Crippen molar-refractivity contribution in [2.45, 2.75) is 31.7 Å². The minimum atomic E-state index is -0.00171. The first kappa shape index (κ1) is 15.1. The van der Waals surface area contributed by atoms with Gasteiger partial charge in [-0.3, -0.25) is 4.79 Å². The molecule has 5 heteroatoms. The van der Waals surface area contributed by atoms with E-state index < -0.39 is 0 Å². The van der Waals surface area contributed by atoms with Gasteiger partial charge in [0.05, 0.1) is 15.6 Å². The molecule has 0 aromatic heterocycles. The van der Waals surface area contributed by atoms with Gasteiger partial charge in [0.25, 0.3) is 5.91 Å². The molecule has 2 rings (SSSR count). The van der Waals surface area contributed by atoms with Crippen LogP contribution in [0.25, 0.3) is 0 Å². The molecule has 2 nitrogen and oxygen atoms in total. The molecule has 1 aromatic carbocycles. The molecule has 0 aliphatic carbocycles. The molecule has 1 aromatic rings. The van der Waals surface area contributed by atoms with E-state index in [-0.39, 0.29) is 5.91 Å². The van der Waals surface area contributed by atoms with Crippen molar-refractivity contribution in [1.82, 2.24) is 4.90 Å². The number of nitrogens with zero attached hydrogens (tertiary/aromatic N) is 1. The van der Waals surface area contributed by atoms with Crippen molar-refractivity contribution >= 4 is 45.0 Å². The zero-order chi connectivity index (χ0) is 13.8. The van der Waals surface area contributed by atoms with E-state index in [9.17, 15) is 4.79 Å². The summed E-state index contributed by atoms with van der Waals surface area (Å²) in [7, 11) is 0. The quantitative estimate of drug-likeness (QED) is 0.707. The summed E-state index contributed by atoms with van der Waals surface area (Å²) in [5.41, 5.74) is 0.510. The molecule has 104 valence electrons. The zero-order valence-electron chi connectivity index (χ0n) is 10.5. The molecule has 1 atom stereocenters. The van der Waals surface area contributed by atoms with Crippen LogP contribution in [-0.2, 0) is 0 Å². The smallest absolute Gasteiger partial charge is 0.255 e. The van der Waals surface area contributed by atoms with Crippen molar-refractivity contribution in [3.8, 4) is 0 Å². The van der Waals surface area contributed by atoms with Gasteiger partial charge in [0.2, 0.25) is 0 Å². The number of carbonyl (C=O) groups is 1. The van der Waals surface area contributed by atoms with Crippen LogP contribution in [0.5, 0.6) is 0 Å². The van der Waals surface area contributed by atoms with Crippen LogP contribution in [0.2, 0.25) is 10.0 Å². The average molecular weight is 365 g/mol. The van der Waals surface area contributed by atoms with Gasteiger partial charge in [-0.05, 0) is 37.8 Å². The van der Waals surface area contributed by atoms with E-state index in [4.69, 9.17) is 23.2 Å².